The molecule has 2 unspecified atom stereocenters. The Labute approximate surface area is 115 Å². The van der Waals surface area contributed by atoms with Crippen LogP contribution in [0.25, 0.3) is 0 Å². The number of benzene rings is 1. The average Bonchev–Trinajstić information content (AvgIpc) is 2.42. The molecule has 0 aliphatic heterocycles. The highest BCUT2D eigenvalue weighted by molar-refractivity contribution is 5.97. The van der Waals surface area contributed by atoms with E-state index in [9.17, 15) is 4.79 Å². The van der Waals surface area contributed by atoms with Gasteiger partial charge in [0.1, 0.15) is 5.75 Å². The molecule has 104 valence electrons. The van der Waals surface area contributed by atoms with E-state index in [-0.39, 0.29) is 5.91 Å². The van der Waals surface area contributed by atoms with Gasteiger partial charge >= 0.3 is 0 Å². The fourth-order valence-electron chi connectivity index (χ4n) is 2.71. The Morgan fingerprint density at radius 1 is 1.32 bits per heavy atom. The molecule has 1 fully saturated rings. The number of carbonyl (C=O) groups excluding carboxylic acids is 1. The van der Waals surface area contributed by atoms with Gasteiger partial charge in [-0.25, -0.2) is 0 Å². The first-order chi connectivity index (χ1) is 9.22. The SMILES string of the molecule is CCOc1ccccc1C(=O)NC1CCCCC1C. The van der Waals surface area contributed by atoms with E-state index in [0.29, 0.717) is 29.9 Å². The van der Waals surface area contributed by atoms with E-state index in [0.717, 1.165) is 6.42 Å². The van der Waals surface area contributed by atoms with E-state index in [4.69, 9.17) is 4.74 Å². The van der Waals surface area contributed by atoms with Crippen LogP contribution in [0.2, 0.25) is 0 Å². The highest BCUT2D eigenvalue weighted by Gasteiger charge is 2.24. The van der Waals surface area contributed by atoms with Crippen LogP contribution in [-0.4, -0.2) is 18.6 Å². The minimum absolute atomic E-state index is 0.0113. The number of hydrogen-bond donors (Lipinski definition) is 1. The van der Waals surface area contributed by atoms with Crippen LogP contribution in [-0.2, 0) is 0 Å². The summed E-state index contributed by atoms with van der Waals surface area (Å²) in [5.74, 6) is 1.23. The average molecular weight is 261 g/mol. The second-order valence-electron chi connectivity index (χ2n) is 5.27. The van der Waals surface area contributed by atoms with E-state index < -0.39 is 0 Å². The molecule has 1 amide bonds. The van der Waals surface area contributed by atoms with Gasteiger partial charge in [-0.1, -0.05) is 31.9 Å². The summed E-state index contributed by atoms with van der Waals surface area (Å²) >= 11 is 0. The molecule has 0 saturated heterocycles. The summed E-state index contributed by atoms with van der Waals surface area (Å²) in [6, 6.07) is 7.75. The van der Waals surface area contributed by atoms with Crippen molar-refractivity contribution in [3.05, 3.63) is 29.8 Å². The van der Waals surface area contributed by atoms with Gasteiger partial charge in [-0.05, 0) is 37.8 Å². The Morgan fingerprint density at radius 3 is 2.79 bits per heavy atom. The third-order valence-corrected chi connectivity index (χ3v) is 3.86. The molecule has 19 heavy (non-hydrogen) atoms. The predicted molar refractivity (Wildman–Crippen MR) is 76.5 cm³/mol. The summed E-state index contributed by atoms with van der Waals surface area (Å²) < 4.78 is 5.51. The molecule has 0 aromatic heterocycles. The number of nitrogens with one attached hydrogen (secondary N) is 1. The van der Waals surface area contributed by atoms with Crippen molar-refractivity contribution in [3.8, 4) is 5.75 Å². The maximum Gasteiger partial charge on any atom is 0.255 e. The van der Waals surface area contributed by atoms with E-state index in [2.05, 4.69) is 12.2 Å². The summed E-state index contributed by atoms with van der Waals surface area (Å²) in [5, 5.41) is 3.16. The Morgan fingerprint density at radius 2 is 2.05 bits per heavy atom. The van der Waals surface area contributed by atoms with Crippen molar-refractivity contribution in [1.29, 1.82) is 0 Å². The molecular weight excluding hydrogens is 238 g/mol. The Balaban J connectivity index is 2.06. The summed E-state index contributed by atoms with van der Waals surface area (Å²) in [6.45, 7) is 4.72. The Bertz CT molecular complexity index is 431. The number of rotatable bonds is 4. The number of amides is 1. The van der Waals surface area contributed by atoms with Gasteiger partial charge in [0.2, 0.25) is 0 Å². The third-order valence-electron chi connectivity index (χ3n) is 3.86. The Kier molecular flexibility index (Phi) is 4.83. The van der Waals surface area contributed by atoms with Crippen LogP contribution in [0, 0.1) is 5.92 Å². The summed E-state index contributed by atoms with van der Waals surface area (Å²) in [5.41, 5.74) is 0.641. The normalized spacial score (nSPS) is 22.8. The van der Waals surface area contributed by atoms with Crippen molar-refractivity contribution < 1.29 is 9.53 Å². The van der Waals surface area contributed by atoms with E-state index in [1.165, 1.54) is 19.3 Å². The number of ether oxygens (including phenoxy) is 1. The van der Waals surface area contributed by atoms with Crippen LogP contribution >= 0.6 is 0 Å². The van der Waals surface area contributed by atoms with Gasteiger partial charge in [-0.2, -0.15) is 0 Å². The molecule has 1 aliphatic rings. The second kappa shape index (κ2) is 6.60. The maximum absolute atomic E-state index is 12.4. The van der Waals surface area contributed by atoms with Crippen molar-refractivity contribution in [2.24, 2.45) is 5.92 Å². The number of hydrogen-bond acceptors (Lipinski definition) is 2. The molecule has 1 aromatic carbocycles. The molecule has 0 bridgehead atoms. The van der Waals surface area contributed by atoms with E-state index >= 15 is 0 Å². The van der Waals surface area contributed by atoms with Gasteiger partial charge in [-0.15, -0.1) is 0 Å². The van der Waals surface area contributed by atoms with Crippen LogP contribution < -0.4 is 10.1 Å². The van der Waals surface area contributed by atoms with Gasteiger partial charge < -0.3 is 10.1 Å². The lowest BCUT2D eigenvalue weighted by molar-refractivity contribution is 0.0906. The van der Waals surface area contributed by atoms with Crippen LogP contribution in [0.15, 0.2) is 24.3 Å². The van der Waals surface area contributed by atoms with Gasteiger partial charge in [-0.3, -0.25) is 4.79 Å². The molecule has 1 aliphatic carbocycles. The molecule has 2 atom stereocenters. The van der Waals surface area contributed by atoms with E-state index in [1.807, 2.05) is 31.2 Å². The first-order valence-electron chi connectivity index (χ1n) is 7.25. The van der Waals surface area contributed by atoms with Crippen molar-refractivity contribution in [2.45, 2.75) is 45.6 Å². The van der Waals surface area contributed by atoms with Crippen molar-refractivity contribution >= 4 is 5.91 Å². The minimum atomic E-state index is -0.0113. The van der Waals surface area contributed by atoms with Gasteiger partial charge in [0, 0.05) is 6.04 Å². The second-order valence-corrected chi connectivity index (χ2v) is 5.27. The molecule has 1 aromatic rings. The number of carbonyl (C=O) groups is 1. The molecule has 0 heterocycles. The molecule has 3 heteroatoms. The molecule has 2 rings (SSSR count). The van der Waals surface area contributed by atoms with Crippen LogP contribution in [0.5, 0.6) is 5.75 Å². The van der Waals surface area contributed by atoms with Crippen LogP contribution in [0.3, 0.4) is 0 Å². The maximum atomic E-state index is 12.4. The van der Waals surface area contributed by atoms with Gasteiger partial charge in [0.25, 0.3) is 5.91 Å². The number of para-hydroxylation sites is 1. The molecule has 0 spiro atoms. The zero-order valence-electron chi connectivity index (χ0n) is 11.8. The smallest absolute Gasteiger partial charge is 0.255 e. The van der Waals surface area contributed by atoms with Crippen LogP contribution in [0.1, 0.15) is 49.9 Å². The topological polar surface area (TPSA) is 38.3 Å². The quantitative estimate of drug-likeness (QED) is 0.902. The monoisotopic (exact) mass is 261 g/mol. The lowest BCUT2D eigenvalue weighted by Gasteiger charge is -2.29. The largest absolute Gasteiger partial charge is 0.493 e. The molecular formula is C16H23NO2. The summed E-state index contributed by atoms with van der Waals surface area (Å²) in [7, 11) is 0. The summed E-state index contributed by atoms with van der Waals surface area (Å²) in [4.78, 5) is 12.4. The highest BCUT2D eigenvalue weighted by atomic mass is 16.5. The zero-order valence-corrected chi connectivity index (χ0v) is 11.8. The predicted octanol–water partition coefficient (Wildman–Crippen LogP) is 3.39. The molecule has 1 saturated carbocycles. The molecule has 1 N–H and O–H groups in total. The fourth-order valence-corrected chi connectivity index (χ4v) is 2.71. The van der Waals surface area contributed by atoms with Crippen molar-refractivity contribution in [2.75, 3.05) is 6.61 Å². The lowest BCUT2D eigenvalue weighted by atomic mass is 9.86. The third kappa shape index (κ3) is 3.49. The first-order valence-corrected chi connectivity index (χ1v) is 7.25. The molecule has 3 nitrogen and oxygen atoms in total. The van der Waals surface area contributed by atoms with Crippen molar-refractivity contribution in [3.63, 3.8) is 0 Å². The van der Waals surface area contributed by atoms with Crippen LogP contribution in [0.4, 0.5) is 0 Å². The van der Waals surface area contributed by atoms with E-state index in [1.54, 1.807) is 0 Å². The van der Waals surface area contributed by atoms with Gasteiger partial charge in [0.05, 0.1) is 12.2 Å². The molecule has 0 radical (unpaired) electrons. The van der Waals surface area contributed by atoms with Gasteiger partial charge in [0.15, 0.2) is 0 Å². The highest BCUT2D eigenvalue weighted by Crippen LogP contribution is 2.25. The minimum Gasteiger partial charge on any atom is -0.493 e. The van der Waals surface area contributed by atoms with Crippen molar-refractivity contribution in [1.82, 2.24) is 5.32 Å². The fraction of sp³-hybridized carbons (Fsp3) is 0.562. The zero-order chi connectivity index (χ0) is 13.7. The lowest BCUT2D eigenvalue weighted by Crippen LogP contribution is -2.41. The summed E-state index contributed by atoms with van der Waals surface area (Å²) in [6.07, 6.45) is 4.78. The Hall–Kier alpha value is -1.51. The standard InChI is InChI=1S/C16H23NO2/c1-3-19-15-11-7-5-9-13(15)16(18)17-14-10-6-4-8-12(14)2/h5,7,9,11-12,14H,3-4,6,8,10H2,1-2H3,(H,17,18). The first kappa shape index (κ1) is 13.9.